The van der Waals surface area contributed by atoms with Crippen molar-refractivity contribution in [2.24, 2.45) is 22.6 Å². The number of alkyl halides is 6. The first kappa shape index (κ1) is 33.9. The van der Waals surface area contributed by atoms with Crippen molar-refractivity contribution in [3.63, 3.8) is 0 Å². The molecule has 1 aliphatic rings. The number of anilines is 1. The summed E-state index contributed by atoms with van der Waals surface area (Å²) >= 11 is 0.763. The zero-order valence-electron chi connectivity index (χ0n) is 23.0. The second-order valence-electron chi connectivity index (χ2n) is 9.79. The van der Waals surface area contributed by atoms with E-state index < -0.39 is 73.8 Å². The van der Waals surface area contributed by atoms with Gasteiger partial charge in [0.2, 0.25) is 18.0 Å². The Kier molecular flexibility index (Phi) is 11.6. The number of nitrogens with one attached hydrogen (secondary N) is 2. The monoisotopic (exact) mass is 631 g/mol. The Morgan fingerprint density at radius 2 is 1.49 bits per heavy atom. The summed E-state index contributed by atoms with van der Waals surface area (Å²) in [5.74, 6) is -6.46. The van der Waals surface area contributed by atoms with E-state index in [2.05, 4.69) is 15.0 Å². The number of likely N-dealkylation sites (N-methyl/N-ethyl adjacent to an activating group) is 1. The molecule has 0 saturated carbocycles. The van der Waals surface area contributed by atoms with E-state index >= 15 is 0 Å². The Labute approximate surface area is 248 Å². The summed E-state index contributed by atoms with van der Waals surface area (Å²) in [4.78, 5) is 45.7. The number of aliphatic imine (C=N–C) groups is 1. The maximum Gasteiger partial charge on any atom is 0.389 e. The second-order valence-corrected chi connectivity index (χ2v) is 10.7. The summed E-state index contributed by atoms with van der Waals surface area (Å²) in [6, 6.07) is 15.4. The predicted molar refractivity (Wildman–Crippen MR) is 151 cm³/mol. The van der Waals surface area contributed by atoms with E-state index in [1.54, 1.807) is 54.6 Å². The number of amides is 3. The van der Waals surface area contributed by atoms with Gasteiger partial charge < -0.3 is 16.0 Å². The second kappa shape index (κ2) is 14.7. The fourth-order valence-electron chi connectivity index (χ4n) is 4.61. The van der Waals surface area contributed by atoms with Crippen LogP contribution < -0.4 is 20.7 Å². The smallest absolute Gasteiger partial charge is 0.330 e. The molecule has 3 atom stereocenters. The maximum atomic E-state index is 13.6. The number of hydrogen-bond donors (Lipinski definition) is 3. The van der Waals surface area contributed by atoms with Crippen LogP contribution in [-0.2, 0) is 14.4 Å². The van der Waals surface area contributed by atoms with Gasteiger partial charge in [-0.15, -0.1) is 0 Å². The number of benzodiazepines with no additional fused rings is 1. The Balaban J connectivity index is 2.02. The van der Waals surface area contributed by atoms with Crippen molar-refractivity contribution in [3.05, 3.63) is 65.7 Å². The number of rotatable bonds is 12. The quantitative estimate of drug-likeness (QED) is 0.180. The number of carbonyl (C=O) groups excluding carboxylic acids is 3. The van der Waals surface area contributed by atoms with Gasteiger partial charge in [-0.1, -0.05) is 48.5 Å². The molecule has 0 aromatic heterocycles. The number of carbonyl (C=O) groups is 3. The van der Waals surface area contributed by atoms with Crippen LogP contribution in [0.15, 0.2) is 59.6 Å². The highest BCUT2D eigenvalue weighted by molar-refractivity contribution is 7.97. The summed E-state index contributed by atoms with van der Waals surface area (Å²) in [6.07, 6.45) is -16.1. The van der Waals surface area contributed by atoms with Crippen molar-refractivity contribution in [1.29, 1.82) is 0 Å². The molecule has 0 radical (unpaired) electrons. The van der Waals surface area contributed by atoms with Crippen LogP contribution in [0.3, 0.4) is 0 Å². The molecule has 1 aliphatic heterocycles. The van der Waals surface area contributed by atoms with Crippen LogP contribution in [-0.4, -0.2) is 61.3 Å². The van der Waals surface area contributed by atoms with Crippen LogP contribution in [0.1, 0.15) is 36.8 Å². The lowest BCUT2D eigenvalue weighted by Gasteiger charge is -2.28. The van der Waals surface area contributed by atoms with Crippen LogP contribution in [0, 0.1) is 11.8 Å². The van der Waals surface area contributed by atoms with Gasteiger partial charge in [-0.25, -0.2) is 4.99 Å². The largest absolute Gasteiger partial charge is 0.389 e. The molecule has 0 unspecified atom stereocenters. The highest BCUT2D eigenvalue weighted by atomic mass is 32.2. The number of hydrogen-bond acceptors (Lipinski definition) is 6. The maximum absolute atomic E-state index is 13.6. The summed E-state index contributed by atoms with van der Waals surface area (Å²) in [5.41, 5.74) is 7.23. The minimum Gasteiger partial charge on any atom is -0.330 e. The zero-order chi connectivity index (χ0) is 31.8. The molecule has 2 aromatic rings. The van der Waals surface area contributed by atoms with Crippen molar-refractivity contribution in [3.8, 4) is 0 Å². The molecule has 234 valence electrons. The van der Waals surface area contributed by atoms with E-state index in [1.807, 2.05) is 0 Å². The Morgan fingerprint density at radius 3 is 2.07 bits per heavy atom. The van der Waals surface area contributed by atoms with Crippen LogP contribution in [0.2, 0.25) is 0 Å². The van der Waals surface area contributed by atoms with Crippen molar-refractivity contribution in [2.75, 3.05) is 24.2 Å². The number of benzene rings is 2. The van der Waals surface area contributed by atoms with E-state index in [-0.39, 0.29) is 12.3 Å². The summed E-state index contributed by atoms with van der Waals surface area (Å²) in [6.45, 7) is 0.109. The third-order valence-corrected chi connectivity index (χ3v) is 7.48. The number of fused-ring (bicyclic) bond motifs is 1. The van der Waals surface area contributed by atoms with Gasteiger partial charge in [-0.3, -0.25) is 19.1 Å². The molecule has 0 spiro atoms. The first-order valence-corrected chi connectivity index (χ1v) is 14.3. The van der Waals surface area contributed by atoms with Gasteiger partial charge in [0.15, 0.2) is 0 Å². The van der Waals surface area contributed by atoms with E-state index in [1.165, 1.54) is 11.9 Å². The SMILES string of the molecule is CN1C(=O)[C@@H](NC(=O)[C@H](CCC(F)(F)F)[C@H](CCC(F)(F)F)C(=O)NSCCN)N=C(c2ccccc2)c2ccccc21. The fourth-order valence-corrected chi connectivity index (χ4v) is 5.12. The normalized spacial score (nSPS) is 16.9. The van der Waals surface area contributed by atoms with Crippen LogP contribution >= 0.6 is 11.9 Å². The molecule has 0 fully saturated rings. The Morgan fingerprint density at radius 1 is 0.930 bits per heavy atom. The third-order valence-electron chi connectivity index (χ3n) is 6.70. The molecule has 43 heavy (non-hydrogen) atoms. The standard InChI is InChI=1S/C28H31F6N5O3S/c1-39-21-10-6-5-9-20(21)22(17-7-3-2-4-8-17)36-23(26(39)42)37-24(40)18(11-13-27(29,30)31)19(12-14-28(32,33)34)25(41)38-43-16-15-35/h2-10,18-19,23H,11-16,35H2,1H3,(H,37,40)(H,38,41)/t18-,19+,23-/m1/s1. The molecule has 0 aliphatic carbocycles. The lowest BCUT2D eigenvalue weighted by atomic mass is 9.83. The first-order valence-electron chi connectivity index (χ1n) is 13.3. The average Bonchev–Trinajstić information content (AvgIpc) is 3.04. The van der Waals surface area contributed by atoms with Gasteiger partial charge in [0.1, 0.15) is 0 Å². The molecular weight excluding hydrogens is 600 g/mol. The van der Waals surface area contributed by atoms with E-state index in [9.17, 15) is 40.7 Å². The molecule has 3 rings (SSSR count). The van der Waals surface area contributed by atoms with Crippen molar-refractivity contribution < 1.29 is 40.7 Å². The fraction of sp³-hybridized carbons (Fsp3) is 0.429. The number of para-hydroxylation sites is 1. The number of nitrogens with two attached hydrogens (primary N) is 1. The lowest BCUT2D eigenvalue weighted by molar-refractivity contribution is -0.152. The van der Waals surface area contributed by atoms with E-state index in [0.29, 0.717) is 22.5 Å². The Bertz CT molecular complexity index is 1310. The third kappa shape index (κ3) is 9.71. The van der Waals surface area contributed by atoms with Crippen molar-refractivity contribution in [1.82, 2.24) is 10.0 Å². The lowest BCUT2D eigenvalue weighted by Crippen LogP contribution is -2.50. The molecule has 15 heteroatoms. The van der Waals surface area contributed by atoms with Crippen molar-refractivity contribution >= 4 is 41.1 Å². The number of nitrogens with zero attached hydrogens (tertiary/aromatic N) is 2. The van der Waals surface area contributed by atoms with Gasteiger partial charge in [-0.2, -0.15) is 26.3 Å². The molecule has 1 heterocycles. The van der Waals surface area contributed by atoms with Crippen molar-refractivity contribution in [2.45, 2.75) is 44.2 Å². The molecule has 0 saturated heterocycles. The topological polar surface area (TPSA) is 117 Å². The zero-order valence-corrected chi connectivity index (χ0v) is 23.9. The van der Waals surface area contributed by atoms with Gasteiger partial charge in [0.05, 0.1) is 17.3 Å². The molecular formula is C28H31F6N5O3S. The highest BCUT2D eigenvalue weighted by Gasteiger charge is 2.41. The molecule has 8 nitrogen and oxygen atoms in total. The molecule has 4 N–H and O–H groups in total. The van der Waals surface area contributed by atoms with Crippen LogP contribution in [0.5, 0.6) is 0 Å². The molecule has 2 aromatic carbocycles. The average molecular weight is 632 g/mol. The minimum atomic E-state index is -4.77. The van der Waals surface area contributed by atoms with Crippen LogP contribution in [0.25, 0.3) is 0 Å². The Hall–Kier alpha value is -3.59. The molecule has 3 amide bonds. The van der Waals surface area contributed by atoms with E-state index in [4.69, 9.17) is 5.73 Å². The first-order chi connectivity index (χ1) is 20.2. The highest BCUT2D eigenvalue weighted by Crippen LogP contribution is 2.34. The van der Waals surface area contributed by atoms with Gasteiger partial charge in [-0.05, 0) is 30.9 Å². The number of halogens is 6. The predicted octanol–water partition coefficient (Wildman–Crippen LogP) is 4.58. The summed E-state index contributed by atoms with van der Waals surface area (Å²) in [7, 11) is 1.43. The minimum absolute atomic E-state index is 0.109. The van der Waals surface area contributed by atoms with Gasteiger partial charge >= 0.3 is 12.4 Å². The van der Waals surface area contributed by atoms with E-state index in [0.717, 1.165) is 11.9 Å². The van der Waals surface area contributed by atoms with Gasteiger partial charge in [0, 0.05) is 49.2 Å². The van der Waals surface area contributed by atoms with Gasteiger partial charge in [0.25, 0.3) is 5.91 Å². The summed E-state index contributed by atoms with van der Waals surface area (Å²) in [5, 5.41) is 2.34. The summed E-state index contributed by atoms with van der Waals surface area (Å²) < 4.78 is 81.6. The van der Waals surface area contributed by atoms with Crippen LogP contribution in [0.4, 0.5) is 32.0 Å². The molecule has 0 bridgehead atoms.